The lowest BCUT2D eigenvalue weighted by Crippen LogP contribution is -2.41. The van der Waals surface area contributed by atoms with Crippen LogP contribution < -0.4 is 4.74 Å². The highest BCUT2D eigenvalue weighted by molar-refractivity contribution is 7.89. The Morgan fingerprint density at radius 1 is 1.12 bits per heavy atom. The van der Waals surface area contributed by atoms with E-state index in [1.807, 2.05) is 4.90 Å². The van der Waals surface area contributed by atoms with Gasteiger partial charge in [-0.1, -0.05) is 13.8 Å². The van der Waals surface area contributed by atoms with Crippen molar-refractivity contribution in [1.29, 1.82) is 0 Å². The van der Waals surface area contributed by atoms with E-state index in [-0.39, 0.29) is 16.6 Å². The van der Waals surface area contributed by atoms with Crippen LogP contribution in [0.3, 0.4) is 0 Å². The molecule has 0 spiro atoms. The highest BCUT2D eigenvalue weighted by Gasteiger charge is 2.29. The number of carbonyl (C=O) groups excluding carboxylic acids is 1. The van der Waals surface area contributed by atoms with E-state index in [4.69, 9.17) is 9.47 Å². The molecule has 0 atom stereocenters. The number of rotatable bonds is 9. The molecule has 2 saturated heterocycles. The van der Waals surface area contributed by atoms with Crippen molar-refractivity contribution >= 4 is 15.9 Å². The summed E-state index contributed by atoms with van der Waals surface area (Å²) in [7, 11) is -2.29. The summed E-state index contributed by atoms with van der Waals surface area (Å²) in [6.07, 6.45) is 3.12. The first-order valence-electron chi connectivity index (χ1n) is 11.7. The fourth-order valence-electron chi connectivity index (χ4n) is 4.51. The maximum absolute atomic E-state index is 13.2. The predicted molar refractivity (Wildman–Crippen MR) is 124 cm³/mol. The van der Waals surface area contributed by atoms with Gasteiger partial charge in [-0.25, -0.2) is 8.42 Å². The molecule has 0 saturated carbocycles. The standard InChI is InChI=1S/C23H37N3O5S/c1-4-26(5-2)32(28,29)22-18-20(6-7-21(22)30-3)23(27)25-12-9-19(10-13-25)8-11-24-14-16-31-17-15-24/h6-7,18-19H,4-5,8-17H2,1-3H3. The van der Waals surface area contributed by atoms with Gasteiger partial charge in [0.15, 0.2) is 0 Å². The third-order valence-electron chi connectivity index (χ3n) is 6.59. The van der Waals surface area contributed by atoms with Crippen molar-refractivity contribution < 1.29 is 22.7 Å². The average Bonchev–Trinajstić information content (AvgIpc) is 2.83. The van der Waals surface area contributed by atoms with Crippen molar-refractivity contribution in [3.8, 4) is 5.75 Å². The summed E-state index contributed by atoms with van der Waals surface area (Å²) in [6, 6.07) is 4.71. The van der Waals surface area contributed by atoms with Gasteiger partial charge < -0.3 is 14.4 Å². The zero-order chi connectivity index (χ0) is 23.1. The Morgan fingerprint density at radius 2 is 1.78 bits per heavy atom. The molecule has 2 aliphatic heterocycles. The van der Waals surface area contributed by atoms with Gasteiger partial charge in [-0.3, -0.25) is 9.69 Å². The number of morpholine rings is 1. The van der Waals surface area contributed by atoms with E-state index in [1.54, 1.807) is 26.0 Å². The zero-order valence-corrected chi connectivity index (χ0v) is 20.4. The van der Waals surface area contributed by atoms with E-state index in [9.17, 15) is 13.2 Å². The molecule has 2 heterocycles. The van der Waals surface area contributed by atoms with Gasteiger partial charge in [-0.2, -0.15) is 4.31 Å². The van der Waals surface area contributed by atoms with Crippen molar-refractivity contribution in [2.24, 2.45) is 5.92 Å². The molecule has 9 heteroatoms. The number of hydrogen-bond donors (Lipinski definition) is 0. The predicted octanol–water partition coefficient (Wildman–Crippen LogP) is 2.30. The van der Waals surface area contributed by atoms with Crippen LogP contribution in [0.4, 0.5) is 0 Å². The van der Waals surface area contributed by atoms with Crippen LogP contribution in [0.25, 0.3) is 0 Å². The van der Waals surface area contributed by atoms with Crippen molar-refractivity contribution in [3.05, 3.63) is 23.8 Å². The third kappa shape index (κ3) is 5.81. The summed E-state index contributed by atoms with van der Waals surface area (Å²) in [5.74, 6) is 0.766. The van der Waals surface area contributed by atoms with Gasteiger partial charge in [0.05, 0.1) is 20.3 Å². The second kappa shape index (κ2) is 11.4. The van der Waals surface area contributed by atoms with Gasteiger partial charge in [0.1, 0.15) is 10.6 Å². The Hall–Kier alpha value is -1.68. The van der Waals surface area contributed by atoms with E-state index < -0.39 is 10.0 Å². The number of piperidine rings is 1. The summed E-state index contributed by atoms with van der Waals surface area (Å²) < 4.78 is 38.2. The molecule has 0 aromatic heterocycles. The number of sulfonamides is 1. The van der Waals surface area contributed by atoms with Gasteiger partial charge in [0, 0.05) is 44.8 Å². The van der Waals surface area contributed by atoms with Crippen molar-refractivity contribution in [3.63, 3.8) is 0 Å². The fraction of sp³-hybridized carbons (Fsp3) is 0.696. The highest BCUT2D eigenvalue weighted by atomic mass is 32.2. The number of hydrogen-bond acceptors (Lipinski definition) is 6. The van der Waals surface area contributed by atoms with Gasteiger partial charge in [0.2, 0.25) is 10.0 Å². The molecule has 2 fully saturated rings. The molecule has 1 aromatic carbocycles. The molecule has 0 unspecified atom stereocenters. The van der Waals surface area contributed by atoms with Gasteiger partial charge in [0.25, 0.3) is 5.91 Å². The Morgan fingerprint density at radius 3 is 2.38 bits per heavy atom. The van der Waals surface area contributed by atoms with Crippen LogP contribution in [0.15, 0.2) is 23.1 Å². The van der Waals surface area contributed by atoms with Crippen LogP contribution in [-0.2, 0) is 14.8 Å². The number of ether oxygens (including phenoxy) is 2. The van der Waals surface area contributed by atoms with E-state index in [1.165, 1.54) is 17.5 Å². The molecule has 1 amide bonds. The molecule has 180 valence electrons. The first kappa shape index (κ1) is 25.0. The van der Waals surface area contributed by atoms with Gasteiger partial charge in [-0.15, -0.1) is 0 Å². The average molecular weight is 468 g/mol. The number of carbonyl (C=O) groups is 1. The van der Waals surface area contributed by atoms with Crippen LogP contribution in [0.1, 0.15) is 43.5 Å². The molecule has 2 aliphatic rings. The lowest BCUT2D eigenvalue weighted by atomic mass is 9.93. The summed E-state index contributed by atoms with van der Waals surface area (Å²) in [5.41, 5.74) is 0.392. The lowest BCUT2D eigenvalue weighted by molar-refractivity contribution is 0.0332. The Kier molecular flexibility index (Phi) is 8.93. The van der Waals surface area contributed by atoms with E-state index in [0.29, 0.717) is 37.7 Å². The third-order valence-corrected chi connectivity index (χ3v) is 8.66. The fourth-order valence-corrected chi connectivity index (χ4v) is 6.15. The van der Waals surface area contributed by atoms with Crippen molar-refractivity contribution in [2.75, 3.05) is 66.1 Å². The van der Waals surface area contributed by atoms with Gasteiger partial charge >= 0.3 is 0 Å². The first-order chi connectivity index (χ1) is 15.4. The van der Waals surface area contributed by atoms with E-state index >= 15 is 0 Å². The molecule has 0 radical (unpaired) electrons. The number of nitrogens with zero attached hydrogens (tertiary/aromatic N) is 3. The van der Waals surface area contributed by atoms with E-state index in [2.05, 4.69) is 4.90 Å². The largest absolute Gasteiger partial charge is 0.495 e. The Balaban J connectivity index is 1.64. The van der Waals surface area contributed by atoms with Crippen LogP contribution in [0, 0.1) is 5.92 Å². The van der Waals surface area contributed by atoms with Crippen LogP contribution >= 0.6 is 0 Å². The number of benzene rings is 1. The quantitative estimate of drug-likeness (QED) is 0.555. The molecular formula is C23H37N3O5S. The maximum atomic E-state index is 13.2. The zero-order valence-electron chi connectivity index (χ0n) is 19.6. The Labute approximate surface area is 192 Å². The van der Waals surface area contributed by atoms with Crippen LogP contribution in [0.2, 0.25) is 0 Å². The normalized spacial score (nSPS) is 18.8. The van der Waals surface area contributed by atoms with E-state index in [0.717, 1.165) is 52.1 Å². The molecule has 3 rings (SSSR count). The summed E-state index contributed by atoms with van der Waals surface area (Å²) in [6.45, 7) is 10.5. The van der Waals surface area contributed by atoms with Crippen molar-refractivity contribution in [2.45, 2.75) is 38.0 Å². The highest BCUT2D eigenvalue weighted by Crippen LogP contribution is 2.29. The molecular weight excluding hydrogens is 430 g/mol. The molecule has 8 nitrogen and oxygen atoms in total. The Bertz CT molecular complexity index is 858. The molecule has 0 aliphatic carbocycles. The summed E-state index contributed by atoms with van der Waals surface area (Å²) in [5, 5.41) is 0. The number of likely N-dealkylation sites (tertiary alicyclic amines) is 1. The molecule has 0 N–H and O–H groups in total. The number of methoxy groups -OCH3 is 1. The van der Waals surface area contributed by atoms with Gasteiger partial charge in [-0.05, 0) is 49.9 Å². The topological polar surface area (TPSA) is 79.4 Å². The molecule has 0 bridgehead atoms. The lowest BCUT2D eigenvalue weighted by Gasteiger charge is -2.34. The number of amides is 1. The minimum atomic E-state index is -3.73. The monoisotopic (exact) mass is 467 g/mol. The smallest absolute Gasteiger partial charge is 0.253 e. The molecule has 32 heavy (non-hydrogen) atoms. The minimum Gasteiger partial charge on any atom is -0.495 e. The SMILES string of the molecule is CCN(CC)S(=O)(=O)c1cc(C(=O)N2CCC(CCN3CCOCC3)CC2)ccc1OC. The van der Waals surface area contributed by atoms with Crippen LogP contribution in [-0.4, -0.2) is 94.6 Å². The maximum Gasteiger partial charge on any atom is 0.253 e. The minimum absolute atomic E-state index is 0.0509. The first-order valence-corrected chi connectivity index (χ1v) is 13.1. The molecule has 1 aromatic rings. The summed E-state index contributed by atoms with van der Waals surface area (Å²) in [4.78, 5) is 17.5. The second-order valence-corrected chi connectivity index (χ2v) is 10.3. The van der Waals surface area contributed by atoms with Crippen LogP contribution in [0.5, 0.6) is 5.75 Å². The second-order valence-electron chi connectivity index (χ2n) is 8.43. The summed E-state index contributed by atoms with van der Waals surface area (Å²) >= 11 is 0. The van der Waals surface area contributed by atoms with Crippen molar-refractivity contribution in [1.82, 2.24) is 14.1 Å².